The van der Waals surface area contributed by atoms with Crippen LogP contribution >= 0.6 is 0 Å². The topological polar surface area (TPSA) is 175 Å². The Hall–Kier alpha value is -2.90. The summed E-state index contributed by atoms with van der Waals surface area (Å²) in [6.07, 6.45) is 52.3. The van der Waals surface area contributed by atoms with Gasteiger partial charge in [0.2, 0.25) is 5.91 Å². The summed E-state index contributed by atoms with van der Waals surface area (Å²) in [6, 6.07) is -1.03. The molecule has 1 rings (SSSR count). The first-order valence-electron chi connectivity index (χ1n) is 29.7. The molecule has 0 bridgehead atoms. The maximum atomic E-state index is 13.4. The van der Waals surface area contributed by atoms with E-state index in [9.17, 15) is 35.1 Å². The van der Waals surface area contributed by atoms with E-state index in [-0.39, 0.29) is 19.4 Å². The summed E-state index contributed by atoms with van der Waals surface area (Å²) in [5.41, 5.74) is 0. The number of esters is 1. The molecule has 11 heteroatoms. The highest BCUT2D eigenvalue weighted by Crippen LogP contribution is 2.26. The Morgan fingerprint density at radius 1 is 0.534 bits per heavy atom. The van der Waals surface area contributed by atoms with E-state index in [1.54, 1.807) is 6.08 Å². The van der Waals surface area contributed by atoms with Crippen molar-refractivity contribution in [1.29, 1.82) is 0 Å². The minimum atomic E-state index is -1.62. The van der Waals surface area contributed by atoms with Crippen molar-refractivity contribution in [3.63, 3.8) is 0 Å². The maximum absolute atomic E-state index is 13.4. The Labute approximate surface area is 445 Å². The van der Waals surface area contributed by atoms with Gasteiger partial charge in [-0.1, -0.05) is 222 Å². The van der Waals surface area contributed by atoms with Crippen molar-refractivity contribution in [3.05, 3.63) is 72.9 Å². The van der Waals surface area contributed by atoms with Gasteiger partial charge in [-0.05, 0) is 89.9 Å². The van der Waals surface area contributed by atoms with Gasteiger partial charge in [-0.2, -0.15) is 0 Å². The lowest BCUT2D eigenvalue weighted by molar-refractivity contribution is -0.305. The highest BCUT2D eigenvalue weighted by atomic mass is 16.7. The number of carbonyl (C=O) groups excluding carboxylic acids is 2. The largest absolute Gasteiger partial charge is 0.454 e. The molecule has 1 saturated heterocycles. The second kappa shape index (κ2) is 49.9. The van der Waals surface area contributed by atoms with Gasteiger partial charge in [-0.15, -0.1) is 0 Å². The molecule has 8 unspecified atom stereocenters. The van der Waals surface area contributed by atoms with E-state index in [4.69, 9.17) is 14.2 Å². The van der Waals surface area contributed by atoms with Gasteiger partial charge < -0.3 is 45.1 Å². The van der Waals surface area contributed by atoms with Gasteiger partial charge in [0.1, 0.15) is 24.4 Å². The monoisotopic (exact) mass is 1030 g/mol. The van der Waals surface area contributed by atoms with Crippen LogP contribution < -0.4 is 5.32 Å². The average molecular weight is 1030 g/mol. The van der Waals surface area contributed by atoms with Crippen LogP contribution in [0, 0.1) is 0 Å². The van der Waals surface area contributed by atoms with Gasteiger partial charge in [0.25, 0.3) is 0 Å². The summed E-state index contributed by atoms with van der Waals surface area (Å²) in [5.74, 6) is -1.22. The first-order chi connectivity index (χ1) is 35.7. The molecule has 0 radical (unpaired) electrons. The standard InChI is InChI=1S/C62H109NO10/c1-4-7-10-13-16-19-22-23-24-25-26-27-28-29-30-31-32-35-37-40-43-46-49-55(66)61(70)63-53(54(65)48-45-42-39-36-33-20-17-14-11-8-5-2)52-71-62-60(59(69)58(68)56(51-64)72-62)73-57(67)50-47-44-41-38-34-21-18-15-12-9-6-3/h15-16,18-19,23-24,26-27,29-30,45,48,53-56,58-60,62,64-66,68-69H,4-14,17,20-22,25,28,31-44,46-47,49-52H2,1-3H3,(H,63,70)/b18-15-,19-16-,24-23-,27-26-,30-29-,48-45+. The number of nitrogens with one attached hydrogen (secondary N) is 1. The highest BCUT2D eigenvalue weighted by Gasteiger charge is 2.47. The van der Waals surface area contributed by atoms with Gasteiger partial charge in [0.15, 0.2) is 12.4 Å². The molecule has 0 aromatic heterocycles. The van der Waals surface area contributed by atoms with Crippen molar-refractivity contribution in [2.75, 3.05) is 13.2 Å². The molecule has 1 fully saturated rings. The number of hydrogen-bond donors (Lipinski definition) is 6. The van der Waals surface area contributed by atoms with Crippen LogP contribution in [0.15, 0.2) is 72.9 Å². The van der Waals surface area contributed by atoms with Crippen molar-refractivity contribution in [2.24, 2.45) is 0 Å². The number of carbonyl (C=O) groups is 2. The van der Waals surface area contributed by atoms with Crippen LogP contribution in [0.1, 0.15) is 245 Å². The zero-order valence-corrected chi connectivity index (χ0v) is 46.5. The molecular formula is C62H109NO10. The van der Waals surface area contributed by atoms with E-state index in [1.807, 2.05) is 6.08 Å². The molecule has 8 atom stereocenters. The molecule has 0 saturated carbocycles. The van der Waals surface area contributed by atoms with Crippen molar-refractivity contribution in [3.8, 4) is 0 Å². The Morgan fingerprint density at radius 3 is 1.49 bits per heavy atom. The fraction of sp³-hybridized carbons (Fsp3) is 0.774. The number of rotatable bonds is 49. The molecule has 6 N–H and O–H groups in total. The number of ether oxygens (including phenoxy) is 3. The molecule has 1 aliphatic heterocycles. The van der Waals surface area contributed by atoms with Crippen LogP contribution in [0.5, 0.6) is 0 Å². The second-order valence-corrected chi connectivity index (χ2v) is 20.4. The van der Waals surface area contributed by atoms with Crippen molar-refractivity contribution in [2.45, 2.75) is 294 Å². The van der Waals surface area contributed by atoms with E-state index < -0.39 is 67.4 Å². The fourth-order valence-corrected chi connectivity index (χ4v) is 8.79. The lowest BCUT2D eigenvalue weighted by Crippen LogP contribution is -2.61. The van der Waals surface area contributed by atoms with E-state index in [0.29, 0.717) is 12.8 Å². The molecule has 1 heterocycles. The third-order valence-corrected chi connectivity index (χ3v) is 13.6. The van der Waals surface area contributed by atoms with Crippen molar-refractivity contribution in [1.82, 2.24) is 5.32 Å². The van der Waals surface area contributed by atoms with Gasteiger partial charge in [-0.3, -0.25) is 9.59 Å². The number of aliphatic hydroxyl groups is 5. The Morgan fingerprint density at radius 2 is 0.959 bits per heavy atom. The predicted octanol–water partition coefficient (Wildman–Crippen LogP) is 13.6. The summed E-state index contributed by atoms with van der Waals surface area (Å²) in [4.78, 5) is 26.4. The lowest BCUT2D eigenvalue weighted by atomic mass is 9.99. The van der Waals surface area contributed by atoms with E-state index >= 15 is 0 Å². The maximum Gasteiger partial charge on any atom is 0.306 e. The van der Waals surface area contributed by atoms with Crippen LogP contribution in [0.4, 0.5) is 0 Å². The Bertz CT molecular complexity index is 1460. The molecule has 11 nitrogen and oxygen atoms in total. The number of aliphatic hydroxyl groups excluding tert-OH is 5. The summed E-state index contributed by atoms with van der Waals surface area (Å²) >= 11 is 0. The van der Waals surface area contributed by atoms with Crippen LogP contribution in [0.25, 0.3) is 0 Å². The Balaban J connectivity index is 2.68. The van der Waals surface area contributed by atoms with Crippen LogP contribution in [0.3, 0.4) is 0 Å². The molecular weight excluding hydrogens is 919 g/mol. The zero-order valence-electron chi connectivity index (χ0n) is 46.5. The molecule has 0 spiro atoms. The average Bonchev–Trinajstić information content (AvgIpc) is 3.39. The van der Waals surface area contributed by atoms with Gasteiger partial charge in [-0.25, -0.2) is 0 Å². The molecule has 422 valence electrons. The van der Waals surface area contributed by atoms with Gasteiger partial charge in [0, 0.05) is 6.42 Å². The van der Waals surface area contributed by atoms with E-state index in [2.05, 4.69) is 86.8 Å². The SMILES string of the molecule is CCCC/C=C\CCCCCCCC(=O)OC1C(OCC(NC(=O)C(O)CCCCCCCC/C=C\C/C=C\C/C=C\C/C=C\CCCCC)C(O)/C=C/CCCCCCCCCCC)OC(CO)C(O)C1O. The molecule has 0 aromatic rings. The summed E-state index contributed by atoms with van der Waals surface area (Å²) < 4.78 is 17.5. The number of amides is 1. The third-order valence-electron chi connectivity index (χ3n) is 13.6. The van der Waals surface area contributed by atoms with E-state index in [0.717, 1.165) is 116 Å². The van der Waals surface area contributed by atoms with Gasteiger partial charge >= 0.3 is 5.97 Å². The summed E-state index contributed by atoms with van der Waals surface area (Å²) in [5, 5.41) is 56.8. The minimum absolute atomic E-state index is 0.109. The summed E-state index contributed by atoms with van der Waals surface area (Å²) in [7, 11) is 0. The lowest BCUT2D eigenvalue weighted by Gasteiger charge is -2.41. The van der Waals surface area contributed by atoms with Crippen molar-refractivity contribution < 1.29 is 49.3 Å². The molecule has 1 amide bonds. The number of unbranched alkanes of at least 4 members (excludes halogenated alkanes) is 25. The highest BCUT2D eigenvalue weighted by molar-refractivity contribution is 5.80. The van der Waals surface area contributed by atoms with Gasteiger partial charge in [0.05, 0.1) is 25.4 Å². The molecule has 1 aliphatic rings. The third kappa shape index (κ3) is 38.3. The predicted molar refractivity (Wildman–Crippen MR) is 301 cm³/mol. The number of hydrogen-bond acceptors (Lipinski definition) is 10. The molecule has 73 heavy (non-hydrogen) atoms. The first kappa shape index (κ1) is 68.1. The fourth-order valence-electron chi connectivity index (χ4n) is 8.79. The van der Waals surface area contributed by atoms with Crippen molar-refractivity contribution >= 4 is 11.9 Å². The second-order valence-electron chi connectivity index (χ2n) is 20.4. The van der Waals surface area contributed by atoms with E-state index in [1.165, 1.54) is 83.5 Å². The van der Waals surface area contributed by atoms with Crippen LogP contribution in [0.2, 0.25) is 0 Å². The smallest absolute Gasteiger partial charge is 0.306 e. The molecule has 0 aromatic carbocycles. The first-order valence-corrected chi connectivity index (χ1v) is 29.7. The summed E-state index contributed by atoms with van der Waals surface area (Å²) in [6.45, 7) is 5.68. The molecule has 0 aliphatic carbocycles. The Kier molecular flexibility index (Phi) is 46.6. The van der Waals surface area contributed by atoms with Crippen LogP contribution in [-0.4, -0.2) is 99.6 Å². The quantitative estimate of drug-likeness (QED) is 0.0195. The normalized spacial score (nSPS) is 19.9. The number of allylic oxidation sites excluding steroid dienone is 11. The zero-order chi connectivity index (χ0) is 53.3. The minimum Gasteiger partial charge on any atom is -0.454 e. The van der Waals surface area contributed by atoms with Crippen LogP contribution in [-0.2, 0) is 23.8 Å².